The molecule has 2 atom stereocenters. The smallest absolute Gasteiger partial charge is 0.361 e. The summed E-state index contributed by atoms with van der Waals surface area (Å²) in [6.07, 6.45) is 49.8. The normalized spacial score (nSPS) is 13.0. The molecule has 0 aliphatic rings. The number of quaternary nitrogens is 1. The van der Waals surface area contributed by atoms with Gasteiger partial charge in [0.05, 0.1) is 34.4 Å². The van der Waals surface area contributed by atoms with E-state index in [1.165, 1.54) is 154 Å². The van der Waals surface area contributed by atoms with Gasteiger partial charge in [0.1, 0.15) is 13.2 Å². The van der Waals surface area contributed by atoms with Crippen LogP contribution in [0.3, 0.4) is 0 Å². The number of aliphatic carboxylic acids is 1. The molecule has 2 unspecified atom stereocenters. The minimum Gasteiger partial charge on any atom is -0.477 e. The van der Waals surface area contributed by atoms with Crippen molar-refractivity contribution >= 4 is 17.9 Å². The maximum atomic E-state index is 12.8. The Morgan fingerprint density at radius 1 is 0.460 bits per heavy atom. The third-order valence-electron chi connectivity index (χ3n) is 11.7. The van der Waals surface area contributed by atoms with Gasteiger partial charge in [-0.3, -0.25) is 9.59 Å². The Labute approximate surface area is 388 Å². The molecule has 0 saturated heterocycles. The molecule has 0 aromatic heterocycles. The van der Waals surface area contributed by atoms with E-state index in [0.29, 0.717) is 17.4 Å². The van der Waals surface area contributed by atoms with Crippen LogP contribution in [-0.2, 0) is 33.3 Å². The minimum atomic E-state index is -1.51. The van der Waals surface area contributed by atoms with Crippen LogP contribution in [-0.4, -0.2) is 87.4 Å². The molecule has 0 fully saturated rings. The van der Waals surface area contributed by atoms with Crippen LogP contribution in [0.25, 0.3) is 0 Å². The summed E-state index contributed by atoms with van der Waals surface area (Å²) in [5, 5.41) is 9.65. The molecule has 1 N–H and O–H groups in total. The number of carbonyl (C=O) groups is 3. The molecule has 0 aromatic carbocycles. The average Bonchev–Trinajstić information content (AvgIpc) is 3.24. The fraction of sp³-hybridized carbons (Fsp3) is 0.870. The molecular weight excluding hydrogens is 791 g/mol. The standard InChI is InChI=1S/C54H101NO8/c1-6-8-10-12-14-16-18-19-20-21-22-23-24-25-26-27-28-29-30-31-32-33-35-37-39-41-43-45-52(57)63-50(49-62-54(53(58)59)60-47-46-55(3,4)5)48-61-51(56)44-42-40-38-36-34-17-15-13-11-9-7-2/h13,15,21-22,50,54H,6-12,14,16-20,23-49H2,1-5H3/p+1/b15-13-,22-21-. The third kappa shape index (κ3) is 47.5. The van der Waals surface area contributed by atoms with Gasteiger partial charge < -0.3 is 28.5 Å². The number of carbonyl (C=O) groups excluding carboxylic acids is 2. The Bertz CT molecular complexity index is 1090. The van der Waals surface area contributed by atoms with Crippen LogP contribution in [0.15, 0.2) is 24.3 Å². The first-order valence-corrected chi connectivity index (χ1v) is 26.5. The van der Waals surface area contributed by atoms with Gasteiger partial charge in [-0.1, -0.05) is 199 Å². The van der Waals surface area contributed by atoms with Crippen molar-refractivity contribution in [2.45, 2.75) is 257 Å². The highest BCUT2D eigenvalue weighted by molar-refractivity contribution is 5.71. The van der Waals surface area contributed by atoms with Gasteiger partial charge >= 0.3 is 17.9 Å². The van der Waals surface area contributed by atoms with Crippen molar-refractivity contribution in [1.82, 2.24) is 0 Å². The molecule has 0 aliphatic carbocycles. The second kappa shape index (κ2) is 46.3. The molecule has 0 heterocycles. The Balaban J connectivity index is 4.15. The van der Waals surface area contributed by atoms with Gasteiger partial charge in [0.15, 0.2) is 6.10 Å². The van der Waals surface area contributed by atoms with Crippen LogP contribution in [0.1, 0.15) is 245 Å². The zero-order valence-electron chi connectivity index (χ0n) is 42.0. The second-order valence-corrected chi connectivity index (χ2v) is 19.2. The molecule has 370 valence electrons. The van der Waals surface area contributed by atoms with E-state index < -0.39 is 24.3 Å². The quantitative estimate of drug-likeness (QED) is 0.0211. The van der Waals surface area contributed by atoms with E-state index in [9.17, 15) is 19.5 Å². The molecule has 0 rings (SSSR count). The number of carboxylic acids is 1. The molecule has 9 heteroatoms. The van der Waals surface area contributed by atoms with E-state index in [1.807, 2.05) is 21.1 Å². The molecule has 9 nitrogen and oxygen atoms in total. The summed E-state index contributed by atoms with van der Waals surface area (Å²) in [5.74, 6) is -2.01. The molecule has 0 bridgehead atoms. The number of hydrogen-bond acceptors (Lipinski definition) is 7. The summed E-state index contributed by atoms with van der Waals surface area (Å²) in [7, 11) is 5.96. The largest absolute Gasteiger partial charge is 0.477 e. The van der Waals surface area contributed by atoms with E-state index in [-0.39, 0.29) is 32.2 Å². The fourth-order valence-corrected chi connectivity index (χ4v) is 7.52. The zero-order chi connectivity index (χ0) is 46.3. The molecule has 0 spiro atoms. The summed E-state index contributed by atoms with van der Waals surface area (Å²) in [6.45, 7) is 4.85. The third-order valence-corrected chi connectivity index (χ3v) is 11.7. The fourth-order valence-electron chi connectivity index (χ4n) is 7.52. The second-order valence-electron chi connectivity index (χ2n) is 19.2. The maximum absolute atomic E-state index is 12.8. The van der Waals surface area contributed by atoms with Gasteiger partial charge in [-0.2, -0.15) is 0 Å². The predicted molar refractivity (Wildman–Crippen MR) is 263 cm³/mol. The zero-order valence-corrected chi connectivity index (χ0v) is 42.0. The topological polar surface area (TPSA) is 108 Å². The Kier molecular flexibility index (Phi) is 44.7. The highest BCUT2D eigenvalue weighted by Gasteiger charge is 2.25. The number of unbranched alkanes of at least 4 members (excludes halogenated alkanes) is 30. The van der Waals surface area contributed by atoms with Crippen molar-refractivity contribution in [3.63, 3.8) is 0 Å². The molecule has 0 aliphatic heterocycles. The van der Waals surface area contributed by atoms with E-state index in [0.717, 1.165) is 64.2 Å². The van der Waals surface area contributed by atoms with E-state index in [4.69, 9.17) is 18.9 Å². The first-order chi connectivity index (χ1) is 30.6. The Morgan fingerprint density at radius 2 is 0.825 bits per heavy atom. The van der Waals surface area contributed by atoms with E-state index >= 15 is 0 Å². The van der Waals surface area contributed by atoms with Crippen LogP contribution in [0, 0.1) is 0 Å². The summed E-state index contributed by atoms with van der Waals surface area (Å²) < 4.78 is 22.8. The average molecular weight is 893 g/mol. The van der Waals surface area contributed by atoms with Crippen LogP contribution in [0.4, 0.5) is 0 Å². The van der Waals surface area contributed by atoms with Gasteiger partial charge in [0, 0.05) is 12.8 Å². The number of rotatable bonds is 49. The number of ether oxygens (including phenoxy) is 4. The van der Waals surface area contributed by atoms with Crippen molar-refractivity contribution in [1.29, 1.82) is 0 Å². The highest BCUT2D eigenvalue weighted by atomic mass is 16.7. The molecule has 0 radical (unpaired) electrons. The van der Waals surface area contributed by atoms with Crippen molar-refractivity contribution < 1.29 is 42.9 Å². The molecule has 0 saturated carbocycles. The van der Waals surface area contributed by atoms with Crippen LogP contribution in [0.5, 0.6) is 0 Å². The lowest BCUT2D eigenvalue weighted by atomic mass is 10.0. The molecule has 63 heavy (non-hydrogen) atoms. The SMILES string of the molecule is CCCC/C=C\CCCCCCCC(=O)OCC(COC(OCC[N+](C)(C)C)C(=O)O)OC(=O)CCCCCCCCCCCCCCCCC/C=C\CCCCCCCCCC. The van der Waals surface area contributed by atoms with E-state index in [2.05, 4.69) is 38.2 Å². The summed E-state index contributed by atoms with van der Waals surface area (Å²) in [4.78, 5) is 37.2. The first kappa shape index (κ1) is 60.8. The number of carboxylic acid groups (broad SMARTS) is 1. The number of esters is 2. The van der Waals surface area contributed by atoms with E-state index in [1.54, 1.807) is 0 Å². The summed E-state index contributed by atoms with van der Waals surface area (Å²) >= 11 is 0. The van der Waals surface area contributed by atoms with Crippen LogP contribution < -0.4 is 0 Å². The maximum Gasteiger partial charge on any atom is 0.361 e. The highest BCUT2D eigenvalue weighted by Crippen LogP contribution is 2.16. The number of allylic oxidation sites excluding steroid dienone is 4. The van der Waals surface area contributed by atoms with Crippen molar-refractivity contribution in [3.05, 3.63) is 24.3 Å². The van der Waals surface area contributed by atoms with Gasteiger partial charge in [-0.25, -0.2) is 4.79 Å². The molecule has 0 aromatic rings. The van der Waals surface area contributed by atoms with Gasteiger partial charge in [-0.15, -0.1) is 0 Å². The predicted octanol–water partition coefficient (Wildman–Crippen LogP) is 14.8. The number of nitrogens with zero attached hydrogens (tertiary/aromatic N) is 1. The Hall–Kier alpha value is -2.23. The molecular formula is C54H102NO8+. The van der Waals surface area contributed by atoms with Gasteiger partial charge in [0.2, 0.25) is 0 Å². The minimum absolute atomic E-state index is 0.183. The monoisotopic (exact) mass is 893 g/mol. The lowest BCUT2D eigenvalue weighted by Gasteiger charge is -2.25. The van der Waals surface area contributed by atoms with Gasteiger partial charge in [-0.05, 0) is 57.8 Å². The number of likely N-dealkylation sites (N-methyl/N-ethyl adjacent to an activating group) is 1. The van der Waals surface area contributed by atoms with Crippen molar-refractivity contribution in [2.24, 2.45) is 0 Å². The number of hydrogen-bond donors (Lipinski definition) is 1. The van der Waals surface area contributed by atoms with Crippen molar-refractivity contribution in [3.8, 4) is 0 Å². The summed E-state index contributed by atoms with van der Waals surface area (Å²) in [6, 6.07) is 0. The lowest BCUT2D eigenvalue weighted by molar-refractivity contribution is -0.870. The molecule has 0 amide bonds. The van der Waals surface area contributed by atoms with Gasteiger partial charge in [0.25, 0.3) is 6.29 Å². The first-order valence-electron chi connectivity index (χ1n) is 26.5. The van der Waals surface area contributed by atoms with Crippen molar-refractivity contribution in [2.75, 3.05) is 47.5 Å². The van der Waals surface area contributed by atoms with Crippen LogP contribution >= 0.6 is 0 Å². The van der Waals surface area contributed by atoms with Crippen LogP contribution in [0.2, 0.25) is 0 Å². The summed E-state index contributed by atoms with van der Waals surface area (Å²) in [5.41, 5.74) is 0. The Morgan fingerprint density at radius 3 is 1.22 bits per heavy atom. The lowest BCUT2D eigenvalue weighted by Crippen LogP contribution is -2.40.